The van der Waals surface area contributed by atoms with Crippen LogP contribution in [0.15, 0.2) is 36.9 Å². The van der Waals surface area contributed by atoms with Crippen molar-refractivity contribution in [2.45, 2.75) is 19.3 Å². The average Bonchev–Trinajstić information content (AvgIpc) is 2.51. The Morgan fingerprint density at radius 1 is 1.23 bits per heavy atom. The number of aliphatic hydroxyl groups excluding tert-OH is 2. The number of benzene rings is 1. The molecule has 0 bridgehead atoms. The minimum atomic E-state index is -0.859. The highest BCUT2D eigenvalue weighted by Crippen LogP contribution is 2.17. The number of anilines is 1. The molecule has 0 unspecified atom stereocenters. The van der Waals surface area contributed by atoms with Crippen LogP contribution in [-0.2, 0) is 9.59 Å². The average molecular weight is 307 g/mol. The van der Waals surface area contributed by atoms with Crippen molar-refractivity contribution in [3.05, 3.63) is 36.9 Å². The van der Waals surface area contributed by atoms with Crippen LogP contribution in [0.4, 0.5) is 5.69 Å². The first kappa shape index (κ1) is 17.9. The third-order valence-electron chi connectivity index (χ3n) is 2.95. The van der Waals surface area contributed by atoms with Gasteiger partial charge in [0.15, 0.2) is 0 Å². The summed E-state index contributed by atoms with van der Waals surface area (Å²) in [5.41, 5.74) is 0.489. The zero-order valence-corrected chi connectivity index (χ0v) is 12.3. The molecule has 0 fully saturated rings. The number of aliphatic hydroxyl groups is 2. The van der Waals surface area contributed by atoms with Crippen molar-refractivity contribution in [2.75, 3.05) is 18.5 Å². The summed E-state index contributed by atoms with van der Waals surface area (Å²) in [4.78, 5) is 23.2. The van der Waals surface area contributed by atoms with E-state index in [-0.39, 0.29) is 5.97 Å². The van der Waals surface area contributed by atoms with E-state index < -0.39 is 25.0 Å². The molecule has 1 amide bonds. The molecule has 0 spiro atoms. The number of carbonyl (C=O) groups excluding carboxylic acids is 2. The molecule has 6 nitrogen and oxygen atoms in total. The Bertz CT molecular complexity index is 494. The quantitative estimate of drug-likeness (QED) is 0.278. The molecular weight excluding hydrogens is 286 g/mol. The highest BCUT2D eigenvalue weighted by molar-refractivity contribution is 5.92. The van der Waals surface area contributed by atoms with E-state index in [0.717, 1.165) is 6.42 Å². The summed E-state index contributed by atoms with van der Waals surface area (Å²) in [6.45, 7) is 2.73. The molecule has 1 aromatic carbocycles. The Hall–Kier alpha value is -2.18. The van der Waals surface area contributed by atoms with E-state index in [2.05, 4.69) is 11.9 Å². The van der Waals surface area contributed by atoms with E-state index in [1.807, 2.05) is 0 Å². The van der Waals surface area contributed by atoms with E-state index in [1.165, 1.54) is 0 Å². The minimum absolute atomic E-state index is 0.319. The molecule has 3 N–H and O–H groups in total. The third-order valence-corrected chi connectivity index (χ3v) is 2.95. The van der Waals surface area contributed by atoms with Gasteiger partial charge < -0.3 is 20.3 Å². The lowest BCUT2D eigenvalue weighted by Crippen LogP contribution is -2.28. The van der Waals surface area contributed by atoms with Gasteiger partial charge in [-0.3, -0.25) is 9.59 Å². The maximum absolute atomic E-state index is 11.7. The first-order valence-corrected chi connectivity index (χ1v) is 7.05. The van der Waals surface area contributed by atoms with Gasteiger partial charge in [0, 0.05) is 12.1 Å². The van der Waals surface area contributed by atoms with Crippen LogP contribution in [0, 0.1) is 5.92 Å². The number of hydrogen-bond acceptors (Lipinski definition) is 5. The fraction of sp³-hybridized carbons (Fsp3) is 0.375. The summed E-state index contributed by atoms with van der Waals surface area (Å²) in [5.74, 6) is -1.26. The van der Waals surface area contributed by atoms with Crippen LogP contribution in [0.3, 0.4) is 0 Å². The fourth-order valence-electron chi connectivity index (χ4n) is 1.65. The van der Waals surface area contributed by atoms with Gasteiger partial charge in [-0.1, -0.05) is 6.08 Å². The second-order valence-corrected chi connectivity index (χ2v) is 4.73. The molecule has 0 heterocycles. The molecule has 1 aromatic rings. The highest BCUT2D eigenvalue weighted by Gasteiger charge is 2.16. The molecule has 0 saturated heterocycles. The van der Waals surface area contributed by atoms with Crippen molar-refractivity contribution in [2.24, 2.45) is 5.92 Å². The molecule has 0 aliphatic rings. The van der Waals surface area contributed by atoms with Gasteiger partial charge in [-0.2, -0.15) is 0 Å². The predicted molar refractivity (Wildman–Crippen MR) is 82.4 cm³/mol. The molecule has 0 aromatic heterocycles. The van der Waals surface area contributed by atoms with Crippen LogP contribution < -0.4 is 10.1 Å². The van der Waals surface area contributed by atoms with Crippen LogP contribution in [0.25, 0.3) is 0 Å². The normalized spacial score (nSPS) is 10.3. The van der Waals surface area contributed by atoms with Gasteiger partial charge in [0.05, 0.1) is 19.1 Å². The second kappa shape index (κ2) is 9.70. The number of amides is 1. The summed E-state index contributed by atoms with van der Waals surface area (Å²) >= 11 is 0. The smallest absolute Gasteiger partial charge is 0.311 e. The first-order valence-electron chi connectivity index (χ1n) is 7.05. The second-order valence-electron chi connectivity index (χ2n) is 4.73. The summed E-state index contributed by atoms with van der Waals surface area (Å²) in [5, 5.41) is 20.4. The van der Waals surface area contributed by atoms with Crippen molar-refractivity contribution < 1.29 is 24.5 Å². The number of rotatable bonds is 9. The summed E-state index contributed by atoms with van der Waals surface area (Å²) in [6, 6.07) is 6.29. The Labute approximate surface area is 129 Å². The van der Waals surface area contributed by atoms with Gasteiger partial charge in [0.25, 0.3) is 0 Å². The molecule has 120 valence electrons. The Morgan fingerprint density at radius 2 is 1.86 bits per heavy atom. The van der Waals surface area contributed by atoms with E-state index in [1.54, 1.807) is 30.3 Å². The van der Waals surface area contributed by atoms with Crippen molar-refractivity contribution >= 4 is 17.6 Å². The van der Waals surface area contributed by atoms with Crippen LogP contribution in [-0.4, -0.2) is 35.3 Å². The number of carbonyl (C=O) groups is 2. The van der Waals surface area contributed by atoms with Crippen LogP contribution in [0.1, 0.15) is 19.3 Å². The van der Waals surface area contributed by atoms with Crippen molar-refractivity contribution in [1.29, 1.82) is 0 Å². The summed E-state index contributed by atoms with van der Waals surface area (Å²) < 4.78 is 5.14. The highest BCUT2D eigenvalue weighted by atomic mass is 16.5. The number of nitrogens with one attached hydrogen (secondary N) is 1. The van der Waals surface area contributed by atoms with E-state index in [4.69, 9.17) is 14.9 Å². The van der Waals surface area contributed by atoms with Gasteiger partial charge >= 0.3 is 5.97 Å². The largest absolute Gasteiger partial charge is 0.427 e. The number of hydrogen-bond donors (Lipinski definition) is 3. The molecule has 0 radical (unpaired) electrons. The number of allylic oxidation sites excluding steroid dienone is 1. The molecule has 0 atom stereocenters. The number of esters is 1. The molecule has 6 heteroatoms. The van der Waals surface area contributed by atoms with Crippen molar-refractivity contribution in [1.82, 2.24) is 0 Å². The van der Waals surface area contributed by atoms with Gasteiger partial charge in [-0.05, 0) is 37.1 Å². The third kappa shape index (κ3) is 6.07. The first-order chi connectivity index (χ1) is 10.6. The van der Waals surface area contributed by atoms with Crippen molar-refractivity contribution in [3.8, 4) is 5.75 Å². The van der Waals surface area contributed by atoms with Gasteiger partial charge in [0.1, 0.15) is 5.75 Å². The predicted octanol–water partition coefficient (Wildman–Crippen LogP) is 1.49. The molecule has 0 aliphatic heterocycles. The van der Waals surface area contributed by atoms with E-state index in [9.17, 15) is 9.59 Å². The lowest BCUT2D eigenvalue weighted by atomic mass is 10.1. The monoisotopic (exact) mass is 307 g/mol. The Kier molecular flexibility index (Phi) is 7.88. The molecule has 0 aliphatic carbocycles. The molecule has 0 saturated carbocycles. The molecule has 1 rings (SSSR count). The standard InChI is InChI=1S/C16H21NO5/c1-2-3-4-5-15(20)22-14-8-6-13(7-9-14)17-16(21)12(10-18)11-19/h2,6-9,12,18-19H,1,3-5,10-11H2,(H,17,21). The topological polar surface area (TPSA) is 95.9 Å². The lowest BCUT2D eigenvalue weighted by molar-refractivity contribution is -0.134. The van der Waals surface area contributed by atoms with Crippen LogP contribution in [0.5, 0.6) is 5.75 Å². The molecule has 22 heavy (non-hydrogen) atoms. The minimum Gasteiger partial charge on any atom is -0.427 e. The van der Waals surface area contributed by atoms with E-state index >= 15 is 0 Å². The number of ether oxygens (including phenoxy) is 1. The lowest BCUT2D eigenvalue weighted by Gasteiger charge is -2.12. The zero-order chi connectivity index (χ0) is 16.4. The summed E-state index contributed by atoms with van der Waals surface area (Å²) in [7, 11) is 0. The maximum Gasteiger partial charge on any atom is 0.311 e. The van der Waals surface area contributed by atoms with Crippen LogP contribution >= 0.6 is 0 Å². The fourth-order valence-corrected chi connectivity index (χ4v) is 1.65. The Morgan fingerprint density at radius 3 is 2.41 bits per heavy atom. The maximum atomic E-state index is 11.7. The SMILES string of the molecule is C=CCCCC(=O)Oc1ccc(NC(=O)C(CO)CO)cc1. The molecular formula is C16H21NO5. The van der Waals surface area contributed by atoms with Gasteiger partial charge in [-0.15, -0.1) is 6.58 Å². The van der Waals surface area contributed by atoms with Gasteiger partial charge in [-0.25, -0.2) is 0 Å². The zero-order valence-electron chi connectivity index (χ0n) is 12.3. The van der Waals surface area contributed by atoms with Gasteiger partial charge in [0.2, 0.25) is 5.91 Å². The summed E-state index contributed by atoms with van der Waals surface area (Å²) in [6.07, 6.45) is 3.52. The number of unbranched alkanes of at least 4 members (excludes halogenated alkanes) is 1. The van der Waals surface area contributed by atoms with Crippen molar-refractivity contribution in [3.63, 3.8) is 0 Å². The Balaban J connectivity index is 2.50. The van der Waals surface area contributed by atoms with E-state index in [0.29, 0.717) is 24.3 Å². The van der Waals surface area contributed by atoms with Crippen LogP contribution in [0.2, 0.25) is 0 Å².